The molecule has 8 heteroatoms. The summed E-state index contributed by atoms with van der Waals surface area (Å²) in [5, 5.41) is 5.29. The Balaban J connectivity index is 1.67. The number of imide groups is 1. The molecular weight excluding hydrogens is 354 g/mol. The second-order valence-electron chi connectivity index (χ2n) is 6.25. The fourth-order valence-electron chi connectivity index (χ4n) is 3.23. The molecule has 0 unspecified atom stereocenters. The Labute approximate surface area is 155 Å². The van der Waals surface area contributed by atoms with Gasteiger partial charge in [0.1, 0.15) is 0 Å². The highest BCUT2D eigenvalue weighted by atomic mass is 32.1. The Kier molecular flexibility index (Phi) is 5.82. The van der Waals surface area contributed by atoms with Crippen LogP contribution in [-0.4, -0.2) is 36.5 Å². The van der Waals surface area contributed by atoms with Crippen LogP contribution in [0.2, 0.25) is 0 Å². The summed E-state index contributed by atoms with van der Waals surface area (Å²) in [5.41, 5.74) is 0.940. The van der Waals surface area contributed by atoms with Gasteiger partial charge in [0.25, 0.3) is 5.91 Å². The molecule has 3 amide bonds. The number of rotatable bonds is 4. The summed E-state index contributed by atoms with van der Waals surface area (Å²) in [6.45, 7) is -0.463. The van der Waals surface area contributed by atoms with Crippen molar-refractivity contribution in [2.45, 2.75) is 31.6 Å². The number of ether oxygens (including phenoxy) is 1. The van der Waals surface area contributed by atoms with E-state index in [1.54, 1.807) is 11.3 Å². The molecule has 1 saturated carbocycles. The van der Waals surface area contributed by atoms with Crippen molar-refractivity contribution >= 4 is 39.5 Å². The van der Waals surface area contributed by atoms with E-state index < -0.39 is 24.5 Å². The maximum absolute atomic E-state index is 12.5. The van der Waals surface area contributed by atoms with Crippen LogP contribution in [0, 0.1) is 5.92 Å². The third-order valence-corrected chi connectivity index (χ3v) is 5.69. The average molecular weight is 375 g/mol. The van der Waals surface area contributed by atoms with E-state index in [-0.39, 0.29) is 11.8 Å². The second-order valence-corrected chi connectivity index (χ2v) is 7.31. The Morgan fingerprint density at radius 2 is 2.00 bits per heavy atom. The number of esters is 1. The molecule has 26 heavy (non-hydrogen) atoms. The first kappa shape index (κ1) is 18.3. The van der Waals surface area contributed by atoms with Gasteiger partial charge in [-0.05, 0) is 25.0 Å². The molecule has 3 rings (SSSR count). The van der Waals surface area contributed by atoms with Gasteiger partial charge in [-0.15, -0.1) is 11.3 Å². The molecule has 0 saturated heterocycles. The van der Waals surface area contributed by atoms with Gasteiger partial charge in [-0.2, -0.15) is 0 Å². The minimum Gasteiger partial charge on any atom is -0.455 e. The van der Waals surface area contributed by atoms with Crippen molar-refractivity contribution in [3.05, 3.63) is 29.3 Å². The quantitative estimate of drug-likeness (QED) is 0.801. The highest BCUT2D eigenvalue weighted by Gasteiger charge is 2.35. The van der Waals surface area contributed by atoms with Gasteiger partial charge in [-0.1, -0.05) is 25.0 Å². The predicted octanol–water partition coefficient (Wildman–Crippen LogP) is 2.57. The number of hydrogen-bond acceptors (Lipinski definition) is 6. The van der Waals surface area contributed by atoms with E-state index >= 15 is 0 Å². The summed E-state index contributed by atoms with van der Waals surface area (Å²) >= 11 is 1.61. The van der Waals surface area contributed by atoms with Crippen LogP contribution in [0.1, 0.15) is 36.6 Å². The van der Waals surface area contributed by atoms with Crippen molar-refractivity contribution < 1.29 is 19.1 Å². The Bertz CT molecular complexity index is 787. The third-order valence-electron chi connectivity index (χ3n) is 4.52. The van der Waals surface area contributed by atoms with Crippen LogP contribution in [0.15, 0.2) is 24.3 Å². The lowest BCUT2D eigenvalue weighted by molar-refractivity contribution is -0.154. The molecule has 7 nitrogen and oxygen atoms in total. The topological polar surface area (TPSA) is 97.4 Å². The zero-order chi connectivity index (χ0) is 18.5. The largest absolute Gasteiger partial charge is 0.455 e. The van der Waals surface area contributed by atoms with Crippen LogP contribution in [-0.2, 0) is 14.3 Å². The molecule has 1 aromatic heterocycles. The Morgan fingerprint density at radius 1 is 1.23 bits per heavy atom. The van der Waals surface area contributed by atoms with Crippen LogP contribution in [0.3, 0.4) is 0 Å². The van der Waals surface area contributed by atoms with Crippen molar-refractivity contribution in [1.29, 1.82) is 0 Å². The molecule has 0 aliphatic heterocycles. The fraction of sp³-hybridized carbons (Fsp3) is 0.444. The van der Waals surface area contributed by atoms with Gasteiger partial charge in [0, 0.05) is 13.0 Å². The first-order valence-corrected chi connectivity index (χ1v) is 9.44. The number of hydrogen-bond donors (Lipinski definition) is 2. The number of para-hydroxylation sites is 1. The first-order valence-electron chi connectivity index (χ1n) is 8.62. The number of carbonyl (C=O) groups is 3. The van der Waals surface area contributed by atoms with E-state index in [2.05, 4.69) is 10.6 Å². The summed E-state index contributed by atoms with van der Waals surface area (Å²) in [7, 11) is 1.40. The lowest BCUT2D eigenvalue weighted by Crippen LogP contribution is -2.40. The number of amides is 3. The zero-order valence-corrected chi connectivity index (χ0v) is 15.3. The van der Waals surface area contributed by atoms with Gasteiger partial charge in [-0.25, -0.2) is 9.78 Å². The summed E-state index contributed by atoms with van der Waals surface area (Å²) in [6, 6.07) is 7.28. The summed E-state index contributed by atoms with van der Waals surface area (Å²) in [5.74, 6) is -1.35. The van der Waals surface area contributed by atoms with Gasteiger partial charge in [0.15, 0.2) is 6.61 Å². The number of carbonyl (C=O) groups excluding carboxylic acids is 3. The molecule has 1 aliphatic rings. The minimum absolute atomic E-state index is 0.00986. The Hall–Kier alpha value is -2.48. The van der Waals surface area contributed by atoms with E-state index in [1.807, 2.05) is 24.3 Å². The van der Waals surface area contributed by atoms with Crippen LogP contribution >= 0.6 is 11.3 Å². The molecule has 0 spiro atoms. The maximum atomic E-state index is 12.5. The molecular formula is C18H21N3O4S. The Morgan fingerprint density at radius 3 is 2.77 bits per heavy atom. The zero-order valence-electron chi connectivity index (χ0n) is 14.5. The van der Waals surface area contributed by atoms with Gasteiger partial charge in [-0.3, -0.25) is 14.9 Å². The SMILES string of the molecule is CNC(=O)NC(=O)COC(=O)[C@H]1CCCC[C@H]1c1nc2ccccc2s1. The van der Waals surface area contributed by atoms with E-state index in [1.165, 1.54) is 7.05 Å². The van der Waals surface area contributed by atoms with Gasteiger partial charge in [0.05, 0.1) is 21.1 Å². The minimum atomic E-state index is -0.648. The number of benzene rings is 1. The lowest BCUT2D eigenvalue weighted by Gasteiger charge is -2.28. The summed E-state index contributed by atoms with van der Waals surface area (Å²) in [4.78, 5) is 39.9. The number of urea groups is 1. The van der Waals surface area contributed by atoms with Crippen LogP contribution in [0.25, 0.3) is 10.2 Å². The summed E-state index contributed by atoms with van der Waals surface area (Å²) in [6.07, 6.45) is 3.59. The number of aromatic nitrogens is 1. The smallest absolute Gasteiger partial charge is 0.321 e. The van der Waals surface area contributed by atoms with Crippen molar-refractivity contribution in [1.82, 2.24) is 15.6 Å². The van der Waals surface area contributed by atoms with Crippen LogP contribution < -0.4 is 10.6 Å². The molecule has 2 aromatic rings. The predicted molar refractivity (Wildman–Crippen MR) is 97.9 cm³/mol. The third kappa shape index (κ3) is 4.19. The molecule has 138 valence electrons. The number of nitrogens with zero attached hydrogens (tertiary/aromatic N) is 1. The highest BCUT2D eigenvalue weighted by Crippen LogP contribution is 2.41. The average Bonchev–Trinajstić information content (AvgIpc) is 3.10. The molecule has 0 bridgehead atoms. The van der Waals surface area contributed by atoms with Crippen LogP contribution in [0.4, 0.5) is 4.79 Å². The van der Waals surface area contributed by atoms with Crippen molar-refractivity contribution in [3.63, 3.8) is 0 Å². The number of thiazole rings is 1. The van der Waals surface area contributed by atoms with Crippen molar-refractivity contribution in [2.24, 2.45) is 5.92 Å². The molecule has 0 radical (unpaired) electrons. The molecule has 2 N–H and O–H groups in total. The van der Waals surface area contributed by atoms with E-state index in [9.17, 15) is 14.4 Å². The van der Waals surface area contributed by atoms with Gasteiger partial charge < -0.3 is 10.1 Å². The molecule has 2 atom stereocenters. The van der Waals surface area contributed by atoms with Crippen molar-refractivity contribution in [2.75, 3.05) is 13.7 Å². The lowest BCUT2D eigenvalue weighted by atomic mass is 9.79. The van der Waals surface area contributed by atoms with Gasteiger partial charge >= 0.3 is 12.0 Å². The first-order chi connectivity index (χ1) is 12.6. The second kappa shape index (κ2) is 8.27. The molecule has 1 heterocycles. The molecule has 1 aromatic carbocycles. The summed E-state index contributed by atoms with van der Waals surface area (Å²) < 4.78 is 6.26. The van der Waals surface area contributed by atoms with E-state index in [0.29, 0.717) is 0 Å². The van der Waals surface area contributed by atoms with E-state index in [0.717, 1.165) is 40.9 Å². The van der Waals surface area contributed by atoms with Crippen LogP contribution in [0.5, 0.6) is 0 Å². The van der Waals surface area contributed by atoms with Gasteiger partial charge in [0.2, 0.25) is 0 Å². The monoisotopic (exact) mass is 375 g/mol. The maximum Gasteiger partial charge on any atom is 0.321 e. The standard InChI is InChI=1S/C18H21N3O4S/c1-19-18(24)21-15(22)10-25-17(23)12-7-3-2-6-11(12)16-20-13-8-4-5-9-14(13)26-16/h4-5,8-9,11-12H,2-3,6-7,10H2,1H3,(H2,19,21,22,24)/t11-,12+/m1/s1. The fourth-order valence-corrected chi connectivity index (χ4v) is 4.39. The van der Waals surface area contributed by atoms with E-state index in [4.69, 9.17) is 9.72 Å². The number of nitrogens with one attached hydrogen (secondary N) is 2. The highest BCUT2D eigenvalue weighted by molar-refractivity contribution is 7.18. The molecule has 1 aliphatic carbocycles. The molecule has 1 fully saturated rings. The normalized spacial score (nSPS) is 19.7. The van der Waals surface area contributed by atoms with Crippen molar-refractivity contribution in [3.8, 4) is 0 Å². The number of fused-ring (bicyclic) bond motifs is 1.